The van der Waals surface area contributed by atoms with Gasteiger partial charge in [-0.15, -0.1) is 0 Å². The number of anilines is 1. The van der Waals surface area contributed by atoms with E-state index in [1.54, 1.807) is 36.7 Å². The van der Waals surface area contributed by atoms with Gasteiger partial charge in [-0.25, -0.2) is 10.3 Å². The predicted octanol–water partition coefficient (Wildman–Crippen LogP) is 3.65. The third-order valence-electron chi connectivity index (χ3n) is 4.27. The van der Waals surface area contributed by atoms with Crippen LogP contribution in [0.15, 0.2) is 59.1 Å². The second-order valence-corrected chi connectivity index (χ2v) is 6.21. The summed E-state index contributed by atoms with van der Waals surface area (Å²) in [6.07, 6.45) is 0. The molecule has 0 fully saturated rings. The van der Waals surface area contributed by atoms with Gasteiger partial charge in [0.1, 0.15) is 11.4 Å². The van der Waals surface area contributed by atoms with Gasteiger partial charge in [0.2, 0.25) is 0 Å². The van der Waals surface area contributed by atoms with Gasteiger partial charge < -0.3 is 15.2 Å². The minimum absolute atomic E-state index is 0.313. The molecule has 3 aromatic rings. The summed E-state index contributed by atoms with van der Waals surface area (Å²) < 4.78 is 5.24. The maximum absolute atomic E-state index is 12.5. The molecule has 3 rings (SSSR count). The van der Waals surface area contributed by atoms with E-state index in [0.717, 1.165) is 11.1 Å². The number of amides is 3. The van der Waals surface area contributed by atoms with Crippen molar-refractivity contribution < 1.29 is 19.3 Å². The Labute approximate surface area is 161 Å². The van der Waals surface area contributed by atoms with Crippen molar-refractivity contribution in [2.45, 2.75) is 19.9 Å². The van der Waals surface area contributed by atoms with E-state index in [1.165, 1.54) is 0 Å². The molecule has 0 aliphatic rings. The molecule has 0 aliphatic carbocycles. The highest BCUT2D eigenvalue weighted by atomic mass is 16.5. The van der Waals surface area contributed by atoms with E-state index in [-0.39, 0.29) is 6.04 Å². The summed E-state index contributed by atoms with van der Waals surface area (Å²) >= 11 is 0. The largest absolute Gasteiger partial charge is 0.359 e. The van der Waals surface area contributed by atoms with E-state index in [9.17, 15) is 9.59 Å². The number of carbonyl (C=O) groups excluding carboxylic acids is 2. The van der Waals surface area contributed by atoms with Gasteiger partial charge >= 0.3 is 6.03 Å². The molecule has 0 saturated heterocycles. The topological polar surface area (TPSA) is 116 Å². The summed E-state index contributed by atoms with van der Waals surface area (Å²) in [5.41, 5.74) is 4.59. The Balaban J connectivity index is 1.69. The van der Waals surface area contributed by atoms with Gasteiger partial charge in [-0.3, -0.25) is 10.0 Å². The lowest BCUT2D eigenvalue weighted by Crippen LogP contribution is -2.31. The lowest BCUT2D eigenvalue weighted by molar-refractivity contribution is 0.0706. The molecule has 1 heterocycles. The molecule has 0 radical (unpaired) electrons. The number of nitrogens with zero attached hydrogens (tertiary/aromatic N) is 1. The first kappa shape index (κ1) is 19.1. The van der Waals surface area contributed by atoms with Crippen molar-refractivity contribution in [2.75, 3.05) is 5.32 Å². The Morgan fingerprint density at radius 1 is 1.07 bits per heavy atom. The Kier molecular flexibility index (Phi) is 5.71. The highest BCUT2D eigenvalue weighted by Gasteiger charge is 2.18. The molecular weight excluding hydrogens is 360 g/mol. The number of carbonyl (C=O) groups is 2. The monoisotopic (exact) mass is 380 g/mol. The van der Waals surface area contributed by atoms with Crippen LogP contribution in [0.1, 0.15) is 34.6 Å². The molecule has 3 amide bonds. The van der Waals surface area contributed by atoms with Gasteiger partial charge in [-0.2, -0.15) is 0 Å². The van der Waals surface area contributed by atoms with Crippen molar-refractivity contribution in [3.63, 3.8) is 0 Å². The van der Waals surface area contributed by atoms with Crippen molar-refractivity contribution in [1.29, 1.82) is 0 Å². The molecule has 8 heteroatoms. The molecular formula is C20H20N4O4. The summed E-state index contributed by atoms with van der Waals surface area (Å²) in [6.45, 7) is 3.54. The van der Waals surface area contributed by atoms with Crippen molar-refractivity contribution in [2.24, 2.45) is 0 Å². The first-order valence-electron chi connectivity index (χ1n) is 8.63. The Morgan fingerprint density at radius 3 is 2.39 bits per heavy atom. The lowest BCUT2D eigenvalue weighted by atomic mass is 10.1. The van der Waals surface area contributed by atoms with Crippen LogP contribution in [0.2, 0.25) is 0 Å². The SMILES string of the molecule is Cc1onc(-c2ccccc2)c1NC(=O)NC(C)c1ccc(C(=O)NO)cc1. The van der Waals surface area contributed by atoms with Crippen LogP contribution >= 0.6 is 0 Å². The van der Waals surface area contributed by atoms with E-state index in [0.29, 0.717) is 22.7 Å². The number of hydroxylamine groups is 1. The van der Waals surface area contributed by atoms with Crippen LogP contribution in [0, 0.1) is 6.92 Å². The molecule has 0 spiro atoms. The quantitative estimate of drug-likeness (QED) is 0.398. The highest BCUT2D eigenvalue weighted by Crippen LogP contribution is 2.29. The number of hydrogen-bond donors (Lipinski definition) is 4. The average Bonchev–Trinajstić information content (AvgIpc) is 3.08. The third-order valence-corrected chi connectivity index (χ3v) is 4.27. The van der Waals surface area contributed by atoms with Crippen molar-refractivity contribution in [3.05, 3.63) is 71.5 Å². The molecule has 0 bridgehead atoms. The molecule has 0 aliphatic heterocycles. The van der Waals surface area contributed by atoms with E-state index in [2.05, 4.69) is 15.8 Å². The second-order valence-electron chi connectivity index (χ2n) is 6.21. The molecule has 2 aromatic carbocycles. The van der Waals surface area contributed by atoms with Gasteiger partial charge in [0.25, 0.3) is 5.91 Å². The molecule has 4 N–H and O–H groups in total. The van der Waals surface area contributed by atoms with Gasteiger partial charge in [0.15, 0.2) is 5.76 Å². The van der Waals surface area contributed by atoms with Crippen LogP contribution in [0.5, 0.6) is 0 Å². The van der Waals surface area contributed by atoms with E-state index < -0.39 is 11.9 Å². The van der Waals surface area contributed by atoms with Crippen LogP contribution in [-0.2, 0) is 0 Å². The molecule has 1 unspecified atom stereocenters. The van der Waals surface area contributed by atoms with Gasteiger partial charge in [0, 0.05) is 11.1 Å². The van der Waals surface area contributed by atoms with Crippen LogP contribution in [0.4, 0.5) is 10.5 Å². The second kappa shape index (κ2) is 8.36. The lowest BCUT2D eigenvalue weighted by Gasteiger charge is -2.15. The normalized spacial score (nSPS) is 11.5. The zero-order chi connectivity index (χ0) is 20.1. The summed E-state index contributed by atoms with van der Waals surface area (Å²) in [4.78, 5) is 23.8. The van der Waals surface area contributed by atoms with Crippen molar-refractivity contribution in [1.82, 2.24) is 16.0 Å². The zero-order valence-corrected chi connectivity index (χ0v) is 15.4. The fourth-order valence-corrected chi connectivity index (χ4v) is 2.73. The summed E-state index contributed by atoms with van der Waals surface area (Å²) in [5, 5.41) is 18.3. The first-order valence-corrected chi connectivity index (χ1v) is 8.63. The predicted molar refractivity (Wildman–Crippen MR) is 103 cm³/mol. The molecule has 144 valence electrons. The minimum atomic E-state index is -0.596. The minimum Gasteiger partial charge on any atom is -0.359 e. The van der Waals surface area contributed by atoms with Gasteiger partial charge in [-0.05, 0) is 31.5 Å². The zero-order valence-electron chi connectivity index (χ0n) is 15.4. The summed E-state index contributed by atoms with van der Waals surface area (Å²) in [6, 6.07) is 15.2. The van der Waals surface area contributed by atoms with Crippen LogP contribution < -0.4 is 16.1 Å². The molecule has 0 saturated carbocycles. The number of benzene rings is 2. The first-order chi connectivity index (χ1) is 13.5. The number of hydrogen-bond acceptors (Lipinski definition) is 5. The fourth-order valence-electron chi connectivity index (χ4n) is 2.73. The molecule has 1 aromatic heterocycles. The van der Waals surface area contributed by atoms with Gasteiger partial charge in [0.05, 0.1) is 6.04 Å². The number of aromatic nitrogens is 1. The summed E-state index contributed by atoms with van der Waals surface area (Å²) in [5.74, 6) is -0.0951. The maximum atomic E-state index is 12.5. The molecule has 1 atom stereocenters. The van der Waals surface area contributed by atoms with E-state index in [1.807, 2.05) is 37.3 Å². The molecule has 28 heavy (non-hydrogen) atoms. The Hall–Kier alpha value is -3.65. The van der Waals surface area contributed by atoms with Crippen LogP contribution in [0.3, 0.4) is 0 Å². The van der Waals surface area contributed by atoms with E-state index in [4.69, 9.17) is 9.73 Å². The highest BCUT2D eigenvalue weighted by molar-refractivity contribution is 5.94. The average molecular weight is 380 g/mol. The standard InChI is InChI=1S/C20H20N4O4/c1-12(14-8-10-16(11-9-14)19(25)23-27)21-20(26)22-17-13(2)28-24-18(17)15-6-4-3-5-7-15/h3-12,27H,1-2H3,(H,23,25)(H2,21,22,26). The Morgan fingerprint density at radius 2 is 1.75 bits per heavy atom. The smallest absolute Gasteiger partial charge is 0.319 e. The van der Waals surface area contributed by atoms with Gasteiger partial charge in [-0.1, -0.05) is 47.6 Å². The number of aryl methyl sites for hydroxylation is 1. The van der Waals surface area contributed by atoms with Crippen molar-refractivity contribution in [3.8, 4) is 11.3 Å². The Bertz CT molecular complexity index is 968. The number of nitrogens with one attached hydrogen (secondary N) is 3. The maximum Gasteiger partial charge on any atom is 0.319 e. The number of rotatable bonds is 5. The molecule has 8 nitrogen and oxygen atoms in total. The van der Waals surface area contributed by atoms with Crippen LogP contribution in [0.25, 0.3) is 11.3 Å². The van der Waals surface area contributed by atoms with Crippen LogP contribution in [-0.4, -0.2) is 22.3 Å². The number of urea groups is 1. The van der Waals surface area contributed by atoms with E-state index >= 15 is 0 Å². The fraction of sp³-hybridized carbons (Fsp3) is 0.150. The van der Waals surface area contributed by atoms with Crippen molar-refractivity contribution >= 4 is 17.6 Å². The third kappa shape index (κ3) is 4.18. The summed E-state index contributed by atoms with van der Waals surface area (Å²) in [7, 11) is 0.